The Morgan fingerprint density at radius 1 is 1.32 bits per heavy atom. The number of ether oxygens (including phenoxy) is 1. The van der Waals surface area contributed by atoms with E-state index in [1.54, 1.807) is 0 Å². The molecule has 5 rings (SSSR count). The van der Waals surface area contributed by atoms with Gasteiger partial charge in [0.05, 0.1) is 11.6 Å². The van der Waals surface area contributed by atoms with Crippen molar-refractivity contribution in [2.75, 3.05) is 13.1 Å². The molecule has 0 radical (unpaired) electrons. The van der Waals surface area contributed by atoms with Gasteiger partial charge in [0.2, 0.25) is 0 Å². The Bertz CT molecular complexity index is 595. The Morgan fingerprint density at radius 2 is 2.21 bits per heavy atom. The second kappa shape index (κ2) is 3.13. The predicted octanol–water partition coefficient (Wildman–Crippen LogP) is 2.49. The fourth-order valence-corrected chi connectivity index (χ4v) is 5.14. The van der Waals surface area contributed by atoms with Gasteiger partial charge in [0, 0.05) is 19.0 Å². The molecule has 1 aromatic rings. The zero-order valence-electron chi connectivity index (χ0n) is 11.3. The lowest BCUT2D eigenvalue weighted by Gasteiger charge is -2.48. The maximum Gasteiger partial charge on any atom is 0.113 e. The molecule has 1 spiro atoms. The van der Waals surface area contributed by atoms with Crippen molar-refractivity contribution in [1.82, 2.24) is 4.90 Å². The minimum Gasteiger partial charge on any atom is -0.361 e. The lowest BCUT2D eigenvalue weighted by Crippen LogP contribution is -2.55. The van der Waals surface area contributed by atoms with Crippen molar-refractivity contribution in [2.24, 2.45) is 5.92 Å². The van der Waals surface area contributed by atoms with Crippen LogP contribution in [0.1, 0.15) is 24.5 Å². The van der Waals surface area contributed by atoms with Crippen molar-refractivity contribution >= 4 is 0 Å². The van der Waals surface area contributed by atoms with Crippen molar-refractivity contribution < 1.29 is 4.74 Å². The van der Waals surface area contributed by atoms with E-state index >= 15 is 0 Å². The summed E-state index contributed by atoms with van der Waals surface area (Å²) in [5, 5.41) is 0. The molecule has 0 aliphatic carbocycles. The predicted molar refractivity (Wildman–Crippen MR) is 73.9 cm³/mol. The van der Waals surface area contributed by atoms with Crippen LogP contribution in [0.3, 0.4) is 0 Å². The largest absolute Gasteiger partial charge is 0.361 e. The summed E-state index contributed by atoms with van der Waals surface area (Å²) in [6.07, 6.45) is 7.45. The molecule has 4 aliphatic rings. The van der Waals surface area contributed by atoms with E-state index < -0.39 is 0 Å². The average Bonchev–Trinajstić information content (AvgIpc) is 3.07. The SMILES string of the molecule is C[C@]12c3ccccc3CCN1C[C@H]1C[C@@H]3C=C[C@@]12O3. The molecule has 0 aromatic heterocycles. The van der Waals surface area contributed by atoms with Crippen LogP contribution < -0.4 is 0 Å². The molecule has 1 aromatic carbocycles. The fourth-order valence-electron chi connectivity index (χ4n) is 5.14. The van der Waals surface area contributed by atoms with Crippen molar-refractivity contribution in [3.63, 3.8) is 0 Å². The van der Waals surface area contributed by atoms with Gasteiger partial charge in [-0.25, -0.2) is 0 Å². The highest BCUT2D eigenvalue weighted by Gasteiger charge is 2.68. The smallest absolute Gasteiger partial charge is 0.113 e. The quantitative estimate of drug-likeness (QED) is 0.659. The molecule has 4 atom stereocenters. The highest BCUT2D eigenvalue weighted by Crippen LogP contribution is 2.61. The van der Waals surface area contributed by atoms with E-state index in [0.29, 0.717) is 12.0 Å². The molecule has 2 fully saturated rings. The van der Waals surface area contributed by atoms with Crippen LogP contribution >= 0.6 is 0 Å². The Hall–Kier alpha value is -1.12. The van der Waals surface area contributed by atoms with Gasteiger partial charge in [-0.2, -0.15) is 0 Å². The molecule has 0 N–H and O–H groups in total. The second-order valence-electron chi connectivity index (χ2n) is 6.67. The van der Waals surface area contributed by atoms with Gasteiger partial charge in [0.15, 0.2) is 0 Å². The minimum atomic E-state index is -0.0613. The maximum absolute atomic E-state index is 6.46. The molecule has 2 heteroatoms. The normalized spacial score (nSPS) is 46.2. The molecule has 2 bridgehead atoms. The highest BCUT2D eigenvalue weighted by molar-refractivity contribution is 5.45. The van der Waals surface area contributed by atoms with E-state index in [0.717, 1.165) is 0 Å². The van der Waals surface area contributed by atoms with Gasteiger partial charge in [-0.05, 0) is 30.9 Å². The number of nitrogens with zero attached hydrogens (tertiary/aromatic N) is 1. The summed E-state index contributed by atoms with van der Waals surface area (Å²) in [5.74, 6) is 0.679. The third kappa shape index (κ3) is 1.01. The molecule has 19 heavy (non-hydrogen) atoms. The summed E-state index contributed by atoms with van der Waals surface area (Å²) in [5.41, 5.74) is 2.99. The van der Waals surface area contributed by atoms with Gasteiger partial charge in [0.1, 0.15) is 5.60 Å². The average molecular weight is 253 g/mol. The molecule has 2 nitrogen and oxygen atoms in total. The first-order valence-corrected chi connectivity index (χ1v) is 7.45. The van der Waals surface area contributed by atoms with Gasteiger partial charge in [-0.1, -0.05) is 36.4 Å². The zero-order chi connectivity index (χ0) is 12.7. The summed E-state index contributed by atoms with van der Waals surface area (Å²) in [6, 6.07) is 8.97. The van der Waals surface area contributed by atoms with Crippen LogP contribution in [0.15, 0.2) is 36.4 Å². The monoisotopic (exact) mass is 253 g/mol. The fraction of sp³-hybridized carbons (Fsp3) is 0.529. The van der Waals surface area contributed by atoms with Gasteiger partial charge in [-0.15, -0.1) is 0 Å². The summed E-state index contributed by atoms with van der Waals surface area (Å²) >= 11 is 0. The summed E-state index contributed by atoms with van der Waals surface area (Å²) in [7, 11) is 0. The van der Waals surface area contributed by atoms with Crippen LogP contribution in [0, 0.1) is 5.92 Å². The minimum absolute atomic E-state index is 0.0360. The molecule has 4 heterocycles. The van der Waals surface area contributed by atoms with Gasteiger partial charge in [0.25, 0.3) is 0 Å². The molecular formula is C17H19NO. The zero-order valence-corrected chi connectivity index (χ0v) is 11.3. The standard InChI is InChI=1S/C17H19NO/c1-16-15-5-3-2-4-12(15)7-9-18(16)11-13-10-14-6-8-17(13,16)19-14/h2-6,8,13-14H,7,9-11H2,1H3/t13-,14+,16-,17-/m1/s1. The number of hydrogen-bond acceptors (Lipinski definition) is 2. The second-order valence-corrected chi connectivity index (χ2v) is 6.67. The molecule has 98 valence electrons. The van der Waals surface area contributed by atoms with Crippen molar-refractivity contribution in [3.05, 3.63) is 47.5 Å². The topological polar surface area (TPSA) is 12.5 Å². The molecule has 0 amide bonds. The van der Waals surface area contributed by atoms with E-state index in [1.807, 2.05) is 0 Å². The first-order chi connectivity index (χ1) is 9.24. The van der Waals surface area contributed by atoms with Crippen LogP contribution in [0.5, 0.6) is 0 Å². The number of benzene rings is 1. The van der Waals surface area contributed by atoms with Crippen LogP contribution in [-0.2, 0) is 16.7 Å². The molecule has 4 aliphatic heterocycles. The lowest BCUT2D eigenvalue weighted by atomic mass is 9.69. The van der Waals surface area contributed by atoms with Crippen LogP contribution in [0.2, 0.25) is 0 Å². The third-order valence-corrected chi connectivity index (χ3v) is 6.06. The van der Waals surface area contributed by atoms with E-state index in [4.69, 9.17) is 4.74 Å². The van der Waals surface area contributed by atoms with Gasteiger partial charge in [-0.3, -0.25) is 4.90 Å². The lowest BCUT2D eigenvalue weighted by molar-refractivity contribution is -0.0651. The summed E-state index contributed by atoms with van der Waals surface area (Å²) in [4.78, 5) is 2.67. The number of rotatable bonds is 0. The molecular weight excluding hydrogens is 234 g/mol. The third-order valence-electron chi connectivity index (χ3n) is 6.06. The van der Waals surface area contributed by atoms with E-state index in [-0.39, 0.29) is 11.1 Å². The first-order valence-electron chi connectivity index (χ1n) is 7.45. The van der Waals surface area contributed by atoms with Crippen LogP contribution in [0.4, 0.5) is 0 Å². The maximum atomic E-state index is 6.46. The van der Waals surface area contributed by atoms with E-state index in [2.05, 4.69) is 48.2 Å². The number of fused-ring (bicyclic) bond motifs is 4. The molecule has 0 saturated carbocycles. The highest BCUT2D eigenvalue weighted by atomic mass is 16.5. The molecule has 2 saturated heterocycles. The van der Waals surface area contributed by atoms with Crippen LogP contribution in [0.25, 0.3) is 0 Å². The molecule has 0 unspecified atom stereocenters. The van der Waals surface area contributed by atoms with Gasteiger partial charge >= 0.3 is 0 Å². The summed E-state index contributed by atoms with van der Waals surface area (Å²) in [6.45, 7) is 4.78. The van der Waals surface area contributed by atoms with Crippen molar-refractivity contribution in [1.29, 1.82) is 0 Å². The van der Waals surface area contributed by atoms with E-state index in [9.17, 15) is 0 Å². The Labute approximate surface area is 114 Å². The van der Waals surface area contributed by atoms with Crippen molar-refractivity contribution in [3.8, 4) is 0 Å². The Kier molecular flexibility index (Phi) is 1.75. The first kappa shape index (κ1) is 10.6. The van der Waals surface area contributed by atoms with E-state index in [1.165, 1.54) is 37.1 Å². The Balaban J connectivity index is 1.78. The number of hydrogen-bond donors (Lipinski definition) is 0. The van der Waals surface area contributed by atoms with Gasteiger partial charge < -0.3 is 4.74 Å². The van der Waals surface area contributed by atoms with Crippen LogP contribution in [-0.4, -0.2) is 29.7 Å². The summed E-state index contributed by atoms with van der Waals surface area (Å²) < 4.78 is 6.46. The van der Waals surface area contributed by atoms with Crippen molar-refractivity contribution in [2.45, 2.75) is 37.0 Å². The Morgan fingerprint density at radius 3 is 3.11 bits per heavy atom.